The Morgan fingerprint density at radius 2 is 2.13 bits per heavy atom. The van der Waals surface area contributed by atoms with Crippen LogP contribution in [-0.2, 0) is 6.54 Å². The van der Waals surface area contributed by atoms with Crippen molar-refractivity contribution in [2.75, 3.05) is 7.05 Å². The fourth-order valence-electron chi connectivity index (χ4n) is 1.45. The molecule has 15 heavy (non-hydrogen) atoms. The van der Waals surface area contributed by atoms with E-state index in [4.69, 9.17) is 4.74 Å². The monoisotopic (exact) mass is 207 g/mol. The molecule has 0 fully saturated rings. The summed E-state index contributed by atoms with van der Waals surface area (Å²) < 4.78 is 5.86. The minimum atomic E-state index is 0.281. The normalized spacial score (nSPS) is 12.5. The summed E-state index contributed by atoms with van der Waals surface area (Å²) in [6, 6.07) is 6.33. The van der Waals surface area contributed by atoms with E-state index in [1.807, 2.05) is 7.05 Å². The second-order valence-electron chi connectivity index (χ2n) is 3.98. The maximum atomic E-state index is 5.86. The Morgan fingerprint density at radius 3 is 2.73 bits per heavy atom. The van der Waals surface area contributed by atoms with E-state index in [2.05, 4.69) is 44.3 Å². The topological polar surface area (TPSA) is 21.3 Å². The summed E-state index contributed by atoms with van der Waals surface area (Å²) in [5.41, 5.74) is 2.51. The molecule has 0 saturated carbocycles. The van der Waals surface area contributed by atoms with Crippen LogP contribution in [0.4, 0.5) is 0 Å². The number of hydrogen-bond acceptors (Lipinski definition) is 2. The first kappa shape index (κ1) is 12.1. The van der Waals surface area contributed by atoms with Crippen molar-refractivity contribution in [3.05, 3.63) is 29.3 Å². The van der Waals surface area contributed by atoms with Gasteiger partial charge >= 0.3 is 0 Å². The van der Waals surface area contributed by atoms with E-state index in [1.165, 1.54) is 11.1 Å². The van der Waals surface area contributed by atoms with Gasteiger partial charge in [0, 0.05) is 12.1 Å². The van der Waals surface area contributed by atoms with Crippen LogP contribution in [-0.4, -0.2) is 13.2 Å². The SMILES string of the molecule is CCC(C)Oc1ccc(C)cc1CNC. The Kier molecular flexibility index (Phi) is 4.63. The van der Waals surface area contributed by atoms with Crippen LogP contribution in [0, 0.1) is 6.92 Å². The lowest BCUT2D eigenvalue weighted by atomic mass is 10.1. The van der Waals surface area contributed by atoms with Crippen molar-refractivity contribution < 1.29 is 4.74 Å². The molecule has 0 aromatic heterocycles. The first-order chi connectivity index (χ1) is 7.17. The lowest BCUT2D eigenvalue weighted by Crippen LogP contribution is -2.13. The van der Waals surface area contributed by atoms with E-state index >= 15 is 0 Å². The summed E-state index contributed by atoms with van der Waals surface area (Å²) in [5, 5.41) is 3.16. The summed E-state index contributed by atoms with van der Waals surface area (Å²) in [7, 11) is 1.95. The zero-order valence-electron chi connectivity index (χ0n) is 10.1. The third-order valence-electron chi connectivity index (χ3n) is 2.49. The first-order valence-corrected chi connectivity index (χ1v) is 5.58. The molecule has 1 atom stereocenters. The second kappa shape index (κ2) is 5.76. The van der Waals surface area contributed by atoms with E-state index in [9.17, 15) is 0 Å². The predicted molar refractivity (Wildman–Crippen MR) is 64.3 cm³/mol. The Labute approximate surface area is 92.6 Å². The highest BCUT2D eigenvalue weighted by molar-refractivity contribution is 5.36. The summed E-state index contributed by atoms with van der Waals surface area (Å²) in [5.74, 6) is 1.00. The fraction of sp³-hybridized carbons (Fsp3) is 0.538. The predicted octanol–water partition coefficient (Wildman–Crippen LogP) is 2.89. The highest BCUT2D eigenvalue weighted by Crippen LogP contribution is 2.21. The molecule has 0 heterocycles. The third kappa shape index (κ3) is 3.56. The van der Waals surface area contributed by atoms with Crippen LogP contribution >= 0.6 is 0 Å². The zero-order valence-corrected chi connectivity index (χ0v) is 10.1. The first-order valence-electron chi connectivity index (χ1n) is 5.58. The molecular formula is C13H21NO. The Morgan fingerprint density at radius 1 is 1.40 bits per heavy atom. The molecule has 0 radical (unpaired) electrons. The van der Waals surface area contributed by atoms with Gasteiger partial charge in [-0.05, 0) is 33.4 Å². The molecule has 1 unspecified atom stereocenters. The molecule has 1 rings (SSSR count). The highest BCUT2D eigenvalue weighted by Gasteiger charge is 2.06. The Hall–Kier alpha value is -1.02. The molecule has 0 saturated heterocycles. The number of nitrogens with one attached hydrogen (secondary N) is 1. The minimum absolute atomic E-state index is 0.281. The Bertz CT molecular complexity index is 309. The molecule has 2 heteroatoms. The summed E-state index contributed by atoms with van der Waals surface area (Å²) in [6.45, 7) is 7.19. The maximum Gasteiger partial charge on any atom is 0.124 e. The van der Waals surface area contributed by atoms with Gasteiger partial charge in [0.1, 0.15) is 5.75 Å². The molecule has 0 bridgehead atoms. The molecule has 0 aliphatic heterocycles. The molecule has 84 valence electrons. The molecule has 0 amide bonds. The number of ether oxygens (including phenoxy) is 1. The van der Waals surface area contributed by atoms with E-state index in [0.29, 0.717) is 0 Å². The molecule has 0 aliphatic rings. The van der Waals surface area contributed by atoms with Crippen molar-refractivity contribution in [1.29, 1.82) is 0 Å². The second-order valence-corrected chi connectivity index (χ2v) is 3.98. The molecule has 0 spiro atoms. The smallest absolute Gasteiger partial charge is 0.124 e. The van der Waals surface area contributed by atoms with Crippen molar-refractivity contribution in [2.45, 2.75) is 39.8 Å². The van der Waals surface area contributed by atoms with Crippen molar-refractivity contribution in [1.82, 2.24) is 5.32 Å². The van der Waals surface area contributed by atoms with Crippen LogP contribution in [0.3, 0.4) is 0 Å². The number of aryl methyl sites for hydroxylation is 1. The largest absolute Gasteiger partial charge is 0.490 e. The van der Waals surface area contributed by atoms with Gasteiger partial charge in [-0.3, -0.25) is 0 Å². The summed E-state index contributed by atoms with van der Waals surface area (Å²) in [6.07, 6.45) is 1.32. The van der Waals surface area contributed by atoms with Gasteiger partial charge in [0.15, 0.2) is 0 Å². The average molecular weight is 207 g/mol. The molecule has 2 nitrogen and oxygen atoms in total. The van der Waals surface area contributed by atoms with E-state index in [0.717, 1.165) is 18.7 Å². The van der Waals surface area contributed by atoms with Gasteiger partial charge < -0.3 is 10.1 Å². The van der Waals surface area contributed by atoms with Gasteiger partial charge in [-0.2, -0.15) is 0 Å². The van der Waals surface area contributed by atoms with E-state index < -0.39 is 0 Å². The van der Waals surface area contributed by atoms with Crippen molar-refractivity contribution in [2.24, 2.45) is 0 Å². The van der Waals surface area contributed by atoms with Crippen LogP contribution in [0.5, 0.6) is 5.75 Å². The number of hydrogen-bond donors (Lipinski definition) is 1. The van der Waals surface area contributed by atoms with Gasteiger partial charge in [0.05, 0.1) is 6.10 Å². The lowest BCUT2D eigenvalue weighted by Gasteiger charge is -2.16. The number of benzene rings is 1. The van der Waals surface area contributed by atoms with E-state index in [1.54, 1.807) is 0 Å². The summed E-state index contributed by atoms with van der Waals surface area (Å²) in [4.78, 5) is 0. The standard InChI is InChI=1S/C13H21NO/c1-5-11(3)15-13-7-6-10(2)8-12(13)9-14-4/h6-8,11,14H,5,9H2,1-4H3. The molecule has 1 aromatic carbocycles. The average Bonchev–Trinajstić information content (AvgIpc) is 2.22. The molecule has 1 aromatic rings. The van der Waals surface area contributed by atoms with Crippen LogP contribution in [0.25, 0.3) is 0 Å². The molecule has 0 aliphatic carbocycles. The van der Waals surface area contributed by atoms with Crippen LogP contribution in [0.15, 0.2) is 18.2 Å². The van der Waals surface area contributed by atoms with Crippen molar-refractivity contribution in [3.63, 3.8) is 0 Å². The van der Waals surface area contributed by atoms with E-state index in [-0.39, 0.29) is 6.10 Å². The van der Waals surface area contributed by atoms with Gasteiger partial charge in [-0.25, -0.2) is 0 Å². The van der Waals surface area contributed by atoms with Gasteiger partial charge in [-0.15, -0.1) is 0 Å². The van der Waals surface area contributed by atoms with Crippen LogP contribution in [0.2, 0.25) is 0 Å². The zero-order chi connectivity index (χ0) is 11.3. The van der Waals surface area contributed by atoms with Gasteiger partial charge in [0.25, 0.3) is 0 Å². The van der Waals surface area contributed by atoms with Crippen LogP contribution < -0.4 is 10.1 Å². The molecule has 1 N–H and O–H groups in total. The maximum absolute atomic E-state index is 5.86. The van der Waals surface area contributed by atoms with Crippen LogP contribution in [0.1, 0.15) is 31.4 Å². The number of rotatable bonds is 5. The quantitative estimate of drug-likeness (QED) is 0.801. The minimum Gasteiger partial charge on any atom is -0.490 e. The van der Waals surface area contributed by atoms with Gasteiger partial charge in [0.2, 0.25) is 0 Å². The van der Waals surface area contributed by atoms with Crippen molar-refractivity contribution in [3.8, 4) is 5.75 Å². The van der Waals surface area contributed by atoms with Gasteiger partial charge in [-0.1, -0.05) is 24.6 Å². The summed E-state index contributed by atoms with van der Waals surface area (Å²) >= 11 is 0. The Balaban J connectivity index is 2.85. The lowest BCUT2D eigenvalue weighted by molar-refractivity contribution is 0.215. The third-order valence-corrected chi connectivity index (χ3v) is 2.49. The fourth-order valence-corrected chi connectivity index (χ4v) is 1.45. The van der Waals surface area contributed by atoms with Crippen molar-refractivity contribution >= 4 is 0 Å². The highest BCUT2D eigenvalue weighted by atomic mass is 16.5. The molecular weight excluding hydrogens is 186 g/mol.